The molecule has 174 valence electrons. The van der Waals surface area contributed by atoms with Crippen molar-refractivity contribution in [3.05, 3.63) is 72.1 Å². The first-order valence-corrected chi connectivity index (χ1v) is 10.7. The first-order chi connectivity index (χ1) is 16.4. The molecule has 2 aromatic carbocycles. The van der Waals surface area contributed by atoms with Gasteiger partial charge in [0.1, 0.15) is 11.6 Å². The van der Waals surface area contributed by atoms with Gasteiger partial charge in [0.05, 0.1) is 30.3 Å². The highest BCUT2D eigenvalue weighted by molar-refractivity contribution is 5.83. The number of benzene rings is 2. The summed E-state index contributed by atoms with van der Waals surface area (Å²) in [6.07, 6.45) is 1.77. The summed E-state index contributed by atoms with van der Waals surface area (Å²) >= 11 is 0. The molecular formula is C24H18F4N4O2. The van der Waals surface area contributed by atoms with E-state index in [1.165, 1.54) is 18.5 Å². The van der Waals surface area contributed by atoms with Crippen molar-refractivity contribution in [3.8, 4) is 16.9 Å². The van der Waals surface area contributed by atoms with Crippen LogP contribution in [0.25, 0.3) is 22.2 Å². The van der Waals surface area contributed by atoms with E-state index in [4.69, 9.17) is 9.47 Å². The lowest BCUT2D eigenvalue weighted by atomic mass is 10.0. The predicted molar refractivity (Wildman–Crippen MR) is 114 cm³/mol. The van der Waals surface area contributed by atoms with Crippen LogP contribution in [0, 0.1) is 0 Å². The van der Waals surface area contributed by atoms with Gasteiger partial charge in [-0.2, -0.15) is 8.78 Å². The molecule has 2 aliphatic heterocycles. The van der Waals surface area contributed by atoms with E-state index in [9.17, 15) is 17.6 Å². The van der Waals surface area contributed by atoms with E-state index in [0.29, 0.717) is 22.2 Å². The molecule has 0 amide bonds. The SMILES string of the molecule is FC(F)Oc1ccccc1C1CC(F)c2nc3ccc(-c4cnc(C5(F)COC5)nc4)cc3n21. The Bertz CT molecular complexity index is 1370. The fourth-order valence-electron chi connectivity index (χ4n) is 4.59. The molecule has 4 heterocycles. The van der Waals surface area contributed by atoms with Gasteiger partial charge in [-0.05, 0) is 23.8 Å². The van der Waals surface area contributed by atoms with Crippen molar-refractivity contribution in [2.75, 3.05) is 13.2 Å². The standard InChI is InChI=1S/C24H18F4N4O2/c25-16-8-18(15-3-1-2-4-20(15)34-23(26)27)32-19-7-13(5-6-17(19)31-21(16)32)14-9-29-22(30-10-14)24(28)11-33-12-24/h1-7,9-10,16,18,23H,8,11-12H2. The second-order valence-electron chi connectivity index (χ2n) is 8.43. The van der Waals surface area contributed by atoms with Gasteiger partial charge in [0, 0.05) is 29.9 Å². The van der Waals surface area contributed by atoms with Crippen LogP contribution in [0.1, 0.15) is 35.8 Å². The maximum Gasteiger partial charge on any atom is 0.387 e. The number of hydrogen-bond acceptors (Lipinski definition) is 5. The van der Waals surface area contributed by atoms with Crippen LogP contribution < -0.4 is 4.74 Å². The van der Waals surface area contributed by atoms with E-state index < -0.39 is 24.5 Å². The van der Waals surface area contributed by atoms with Gasteiger partial charge in [-0.3, -0.25) is 0 Å². The zero-order valence-corrected chi connectivity index (χ0v) is 17.7. The number of hydrogen-bond donors (Lipinski definition) is 0. The minimum Gasteiger partial charge on any atom is -0.434 e. The average Bonchev–Trinajstić information content (AvgIpc) is 3.35. The molecule has 0 saturated carbocycles. The summed E-state index contributed by atoms with van der Waals surface area (Å²) in [7, 11) is 0. The molecule has 1 saturated heterocycles. The fraction of sp³-hybridized carbons (Fsp3) is 0.292. The Morgan fingerprint density at radius 2 is 1.82 bits per heavy atom. The van der Waals surface area contributed by atoms with Gasteiger partial charge in [-0.15, -0.1) is 0 Å². The molecule has 0 aliphatic carbocycles. The third-order valence-electron chi connectivity index (χ3n) is 6.28. The van der Waals surface area contributed by atoms with Crippen LogP contribution >= 0.6 is 0 Å². The molecule has 2 aliphatic rings. The van der Waals surface area contributed by atoms with Crippen molar-refractivity contribution in [2.24, 2.45) is 0 Å². The molecule has 0 bridgehead atoms. The van der Waals surface area contributed by atoms with E-state index in [-0.39, 0.29) is 37.0 Å². The van der Waals surface area contributed by atoms with Crippen LogP contribution in [0.15, 0.2) is 54.9 Å². The molecule has 6 rings (SSSR count). The van der Waals surface area contributed by atoms with Gasteiger partial charge >= 0.3 is 6.61 Å². The number of rotatable bonds is 5. The highest BCUT2D eigenvalue weighted by Crippen LogP contribution is 2.46. The van der Waals surface area contributed by atoms with E-state index >= 15 is 0 Å². The molecule has 2 unspecified atom stereocenters. The van der Waals surface area contributed by atoms with Gasteiger partial charge in [0.15, 0.2) is 12.0 Å². The third-order valence-corrected chi connectivity index (χ3v) is 6.28. The molecule has 2 atom stereocenters. The van der Waals surface area contributed by atoms with E-state index in [2.05, 4.69) is 15.0 Å². The van der Waals surface area contributed by atoms with Crippen LogP contribution in [0.3, 0.4) is 0 Å². The highest BCUT2D eigenvalue weighted by atomic mass is 19.3. The highest BCUT2D eigenvalue weighted by Gasteiger charge is 2.43. The van der Waals surface area contributed by atoms with Gasteiger partial charge in [-0.1, -0.05) is 24.3 Å². The van der Waals surface area contributed by atoms with Crippen LogP contribution in [0.4, 0.5) is 17.6 Å². The molecule has 1 fully saturated rings. The van der Waals surface area contributed by atoms with Gasteiger partial charge in [-0.25, -0.2) is 23.7 Å². The summed E-state index contributed by atoms with van der Waals surface area (Å²) in [5.74, 6) is 0.314. The molecular weight excluding hydrogens is 452 g/mol. The molecule has 0 spiro atoms. The molecule has 4 aromatic rings. The number of aromatic nitrogens is 4. The lowest BCUT2D eigenvalue weighted by molar-refractivity contribution is -0.140. The molecule has 0 N–H and O–H groups in total. The lowest BCUT2D eigenvalue weighted by Crippen LogP contribution is -2.43. The second kappa shape index (κ2) is 7.76. The van der Waals surface area contributed by atoms with Gasteiger partial charge < -0.3 is 14.0 Å². The van der Waals surface area contributed by atoms with Crippen LogP contribution in [0.5, 0.6) is 5.75 Å². The Labute approximate surface area is 191 Å². The summed E-state index contributed by atoms with van der Waals surface area (Å²) in [5.41, 5.74) is 1.40. The summed E-state index contributed by atoms with van der Waals surface area (Å²) in [4.78, 5) is 12.8. The third kappa shape index (κ3) is 3.32. The Morgan fingerprint density at radius 1 is 1.06 bits per heavy atom. The number of fused-ring (bicyclic) bond motifs is 3. The topological polar surface area (TPSA) is 62.1 Å². The zero-order chi connectivity index (χ0) is 23.4. The average molecular weight is 470 g/mol. The molecule has 2 aromatic heterocycles. The van der Waals surface area contributed by atoms with Gasteiger partial charge in [0.25, 0.3) is 0 Å². The largest absolute Gasteiger partial charge is 0.434 e. The van der Waals surface area contributed by atoms with Crippen LogP contribution in [-0.2, 0) is 10.4 Å². The summed E-state index contributed by atoms with van der Waals surface area (Å²) in [6.45, 7) is -3.13. The number of para-hydroxylation sites is 1. The van der Waals surface area contributed by atoms with E-state index in [1.807, 2.05) is 6.07 Å². The minimum atomic E-state index is -2.99. The monoisotopic (exact) mass is 470 g/mol. The first kappa shape index (κ1) is 21.0. The summed E-state index contributed by atoms with van der Waals surface area (Å²) in [6, 6.07) is 11.2. The van der Waals surface area contributed by atoms with Crippen molar-refractivity contribution in [1.82, 2.24) is 19.5 Å². The van der Waals surface area contributed by atoms with Crippen molar-refractivity contribution in [1.29, 1.82) is 0 Å². The normalized spacial score (nSPS) is 21.0. The van der Waals surface area contributed by atoms with Crippen LogP contribution in [0.2, 0.25) is 0 Å². The van der Waals surface area contributed by atoms with Crippen LogP contribution in [-0.4, -0.2) is 39.3 Å². The van der Waals surface area contributed by atoms with E-state index in [0.717, 1.165) is 5.56 Å². The predicted octanol–water partition coefficient (Wildman–Crippen LogP) is 5.29. The second-order valence-corrected chi connectivity index (χ2v) is 8.43. The molecule has 34 heavy (non-hydrogen) atoms. The first-order valence-electron chi connectivity index (χ1n) is 10.7. The van der Waals surface area contributed by atoms with Crippen molar-refractivity contribution in [3.63, 3.8) is 0 Å². The fourth-order valence-corrected chi connectivity index (χ4v) is 4.59. The lowest BCUT2D eigenvalue weighted by Gasteiger charge is -2.31. The minimum absolute atomic E-state index is 0.00432. The number of halogens is 4. The number of imidazole rings is 1. The summed E-state index contributed by atoms with van der Waals surface area (Å²) < 4.78 is 66.7. The van der Waals surface area contributed by atoms with Crippen molar-refractivity contribution in [2.45, 2.75) is 30.9 Å². The Hall–Kier alpha value is -3.53. The quantitative estimate of drug-likeness (QED) is 0.371. The molecule has 10 heteroatoms. The zero-order valence-electron chi connectivity index (χ0n) is 17.7. The van der Waals surface area contributed by atoms with E-state index in [1.54, 1.807) is 34.9 Å². The Morgan fingerprint density at radius 3 is 2.53 bits per heavy atom. The number of nitrogens with zero attached hydrogens (tertiary/aromatic N) is 4. The Kier molecular flexibility index (Phi) is 4.80. The number of alkyl halides is 4. The maximum atomic E-state index is 15.0. The maximum absolute atomic E-state index is 15.0. The van der Waals surface area contributed by atoms with Crippen molar-refractivity contribution < 1.29 is 27.0 Å². The molecule has 6 nitrogen and oxygen atoms in total. The van der Waals surface area contributed by atoms with Crippen molar-refractivity contribution >= 4 is 11.0 Å². The smallest absolute Gasteiger partial charge is 0.387 e. The summed E-state index contributed by atoms with van der Waals surface area (Å²) in [5, 5.41) is 0. The number of ether oxygens (including phenoxy) is 2. The van der Waals surface area contributed by atoms with Gasteiger partial charge in [0.2, 0.25) is 5.67 Å². The molecule has 0 radical (unpaired) electrons. The Balaban J connectivity index is 1.42.